The Kier molecular flexibility index (Phi) is 2.95. The summed E-state index contributed by atoms with van der Waals surface area (Å²) in [5, 5.41) is 6.27. The average Bonchev–Trinajstić information content (AvgIpc) is 2.44. The molecule has 1 aromatic carbocycles. The van der Waals surface area contributed by atoms with E-state index >= 15 is 0 Å². The Bertz CT molecular complexity index is 449. The highest BCUT2D eigenvalue weighted by Crippen LogP contribution is 2.28. The smallest absolute Gasteiger partial charge is 0.253 e. The predicted octanol–water partition coefficient (Wildman–Crippen LogP) is 3.12. The molecule has 0 saturated carbocycles. The van der Waals surface area contributed by atoms with Gasteiger partial charge in [0.1, 0.15) is 0 Å². The van der Waals surface area contributed by atoms with E-state index < -0.39 is 0 Å². The van der Waals surface area contributed by atoms with Crippen molar-refractivity contribution in [2.24, 2.45) is 0 Å². The number of hydrogen-bond donors (Lipinski definition) is 2. The molecule has 0 aliphatic carbocycles. The van der Waals surface area contributed by atoms with Gasteiger partial charge < -0.3 is 10.6 Å². The number of anilines is 2. The van der Waals surface area contributed by atoms with E-state index in [4.69, 9.17) is 0 Å². The molecule has 0 radical (unpaired) electrons. The van der Waals surface area contributed by atoms with Crippen LogP contribution in [0.25, 0.3) is 0 Å². The zero-order valence-electron chi connectivity index (χ0n) is 9.63. The third-order valence-corrected chi connectivity index (χ3v) is 2.81. The molecular formula is C13H16N2O. The first-order chi connectivity index (χ1) is 7.76. The van der Waals surface area contributed by atoms with E-state index in [2.05, 4.69) is 17.6 Å². The first-order valence-electron chi connectivity index (χ1n) is 5.65. The normalized spacial score (nSPS) is 15.0. The number of nitrogens with one attached hydrogen (secondary N) is 2. The van der Waals surface area contributed by atoms with Gasteiger partial charge in [-0.15, -0.1) is 0 Å². The zero-order chi connectivity index (χ0) is 11.5. The van der Waals surface area contributed by atoms with E-state index in [1.165, 1.54) is 0 Å². The number of allylic oxidation sites excluding steroid dienone is 1. The van der Waals surface area contributed by atoms with Crippen LogP contribution in [0, 0.1) is 0 Å². The van der Waals surface area contributed by atoms with Crippen molar-refractivity contribution in [1.82, 2.24) is 0 Å². The zero-order valence-corrected chi connectivity index (χ0v) is 9.63. The van der Waals surface area contributed by atoms with Gasteiger partial charge in [-0.2, -0.15) is 0 Å². The highest BCUT2D eigenvalue weighted by molar-refractivity contribution is 6.07. The summed E-state index contributed by atoms with van der Waals surface area (Å²) < 4.78 is 0. The molecule has 0 bridgehead atoms. The first kappa shape index (κ1) is 10.7. The van der Waals surface area contributed by atoms with Gasteiger partial charge in [0.2, 0.25) is 0 Å². The van der Waals surface area contributed by atoms with E-state index in [9.17, 15) is 4.79 Å². The van der Waals surface area contributed by atoms with Gasteiger partial charge in [0.25, 0.3) is 5.91 Å². The van der Waals surface area contributed by atoms with Crippen molar-refractivity contribution in [3.8, 4) is 0 Å². The second kappa shape index (κ2) is 4.39. The van der Waals surface area contributed by atoms with Gasteiger partial charge in [0.15, 0.2) is 0 Å². The van der Waals surface area contributed by atoms with E-state index in [-0.39, 0.29) is 5.91 Å². The summed E-state index contributed by atoms with van der Waals surface area (Å²) in [4.78, 5) is 12.0. The van der Waals surface area contributed by atoms with E-state index in [0.717, 1.165) is 35.5 Å². The fraction of sp³-hybridized carbons (Fsp3) is 0.308. The largest absolute Gasteiger partial charge is 0.357 e. The van der Waals surface area contributed by atoms with Crippen LogP contribution >= 0.6 is 0 Å². The molecule has 0 fully saturated rings. The van der Waals surface area contributed by atoms with Crippen LogP contribution in [0.1, 0.15) is 26.7 Å². The van der Waals surface area contributed by atoms with Crippen molar-refractivity contribution in [2.45, 2.75) is 26.7 Å². The van der Waals surface area contributed by atoms with Gasteiger partial charge in [-0.1, -0.05) is 26.0 Å². The average molecular weight is 216 g/mol. The quantitative estimate of drug-likeness (QED) is 0.797. The van der Waals surface area contributed by atoms with Crippen molar-refractivity contribution in [3.05, 3.63) is 35.5 Å². The fourth-order valence-corrected chi connectivity index (χ4v) is 1.95. The lowest BCUT2D eigenvalue weighted by atomic mass is 10.1. The number of carbonyl (C=O) groups is 1. The fourth-order valence-electron chi connectivity index (χ4n) is 1.95. The molecule has 0 unspecified atom stereocenters. The van der Waals surface area contributed by atoms with Crippen LogP contribution in [0.4, 0.5) is 11.4 Å². The van der Waals surface area contributed by atoms with Gasteiger partial charge in [0.05, 0.1) is 11.4 Å². The third kappa shape index (κ3) is 1.81. The van der Waals surface area contributed by atoms with Gasteiger partial charge in [0, 0.05) is 11.3 Å². The molecule has 2 N–H and O–H groups in total. The molecular weight excluding hydrogens is 200 g/mol. The SMILES string of the molecule is CCC1=C(CC)C(=O)Nc2ccccc2N1. The summed E-state index contributed by atoms with van der Waals surface area (Å²) in [7, 11) is 0. The summed E-state index contributed by atoms with van der Waals surface area (Å²) in [6, 6.07) is 7.77. The van der Waals surface area contributed by atoms with Crippen LogP contribution in [-0.2, 0) is 4.79 Å². The monoisotopic (exact) mass is 216 g/mol. The van der Waals surface area contributed by atoms with Crippen LogP contribution in [0.5, 0.6) is 0 Å². The second-order valence-corrected chi connectivity index (χ2v) is 3.79. The minimum atomic E-state index is 0.0109. The lowest BCUT2D eigenvalue weighted by Crippen LogP contribution is -2.14. The highest BCUT2D eigenvalue weighted by Gasteiger charge is 2.18. The standard InChI is InChI=1S/C13H16N2O/c1-3-9-10(4-2)14-11-7-5-6-8-12(11)15-13(9)16/h5-8,14H,3-4H2,1-2H3,(H,15,16). The van der Waals surface area contributed by atoms with Crippen LogP contribution in [0.15, 0.2) is 35.5 Å². The Morgan fingerprint density at radius 3 is 2.19 bits per heavy atom. The number of fused-ring (bicyclic) bond motifs is 1. The molecule has 2 rings (SSSR count). The second-order valence-electron chi connectivity index (χ2n) is 3.79. The molecule has 1 aromatic rings. The van der Waals surface area contributed by atoms with Crippen LogP contribution in [0.2, 0.25) is 0 Å². The van der Waals surface area contributed by atoms with E-state index in [1.54, 1.807) is 0 Å². The van der Waals surface area contributed by atoms with Crippen molar-refractivity contribution >= 4 is 17.3 Å². The Morgan fingerprint density at radius 2 is 1.62 bits per heavy atom. The molecule has 16 heavy (non-hydrogen) atoms. The number of benzene rings is 1. The Hall–Kier alpha value is -1.77. The maximum Gasteiger partial charge on any atom is 0.253 e. The van der Waals surface area contributed by atoms with Crippen molar-refractivity contribution in [2.75, 3.05) is 10.6 Å². The molecule has 1 aliphatic rings. The Balaban J connectivity index is 2.47. The Labute approximate surface area is 95.6 Å². The molecule has 0 saturated heterocycles. The van der Waals surface area contributed by atoms with Gasteiger partial charge in [-0.25, -0.2) is 0 Å². The number of carbonyl (C=O) groups excluding carboxylic acids is 1. The van der Waals surface area contributed by atoms with Crippen molar-refractivity contribution in [1.29, 1.82) is 0 Å². The summed E-state index contributed by atoms with van der Waals surface area (Å²) >= 11 is 0. The minimum Gasteiger partial charge on any atom is -0.357 e. The molecule has 1 aliphatic heterocycles. The van der Waals surface area contributed by atoms with E-state index in [1.807, 2.05) is 31.2 Å². The first-order valence-corrected chi connectivity index (χ1v) is 5.65. The molecule has 1 heterocycles. The topological polar surface area (TPSA) is 41.1 Å². The molecule has 0 spiro atoms. The molecule has 1 amide bonds. The summed E-state index contributed by atoms with van der Waals surface area (Å²) in [6.07, 6.45) is 1.58. The van der Waals surface area contributed by atoms with Crippen LogP contribution in [-0.4, -0.2) is 5.91 Å². The van der Waals surface area contributed by atoms with E-state index in [0.29, 0.717) is 0 Å². The van der Waals surface area contributed by atoms with Crippen LogP contribution in [0.3, 0.4) is 0 Å². The number of amides is 1. The summed E-state index contributed by atoms with van der Waals surface area (Å²) in [5.74, 6) is 0.0109. The molecule has 3 nitrogen and oxygen atoms in total. The minimum absolute atomic E-state index is 0.0109. The number of hydrogen-bond acceptors (Lipinski definition) is 2. The summed E-state index contributed by atoms with van der Waals surface area (Å²) in [6.45, 7) is 4.06. The van der Waals surface area contributed by atoms with Gasteiger partial charge in [-0.3, -0.25) is 4.79 Å². The predicted molar refractivity (Wildman–Crippen MR) is 66.3 cm³/mol. The molecule has 0 atom stereocenters. The summed E-state index contributed by atoms with van der Waals surface area (Å²) in [5.41, 5.74) is 3.68. The van der Waals surface area contributed by atoms with Gasteiger partial charge >= 0.3 is 0 Å². The molecule has 84 valence electrons. The van der Waals surface area contributed by atoms with Crippen LogP contribution < -0.4 is 10.6 Å². The third-order valence-electron chi connectivity index (χ3n) is 2.81. The molecule has 0 aromatic heterocycles. The molecule has 3 heteroatoms. The number of rotatable bonds is 2. The van der Waals surface area contributed by atoms with Crippen molar-refractivity contribution in [3.63, 3.8) is 0 Å². The maximum absolute atomic E-state index is 12.0. The number of para-hydroxylation sites is 2. The maximum atomic E-state index is 12.0. The lowest BCUT2D eigenvalue weighted by molar-refractivity contribution is -0.113. The lowest BCUT2D eigenvalue weighted by Gasteiger charge is -2.10. The van der Waals surface area contributed by atoms with Crippen molar-refractivity contribution < 1.29 is 4.79 Å². The Morgan fingerprint density at radius 1 is 1.00 bits per heavy atom. The highest BCUT2D eigenvalue weighted by atomic mass is 16.1. The van der Waals surface area contributed by atoms with Gasteiger partial charge in [-0.05, 0) is 25.0 Å².